The fourth-order valence-electron chi connectivity index (χ4n) is 4.29. The van der Waals surface area contributed by atoms with Crippen molar-refractivity contribution in [2.45, 2.75) is 50.7 Å². The molecule has 0 spiro atoms. The molecule has 0 aliphatic carbocycles. The van der Waals surface area contributed by atoms with Crippen LogP contribution in [0.4, 0.5) is 0 Å². The molecule has 202 valence electrons. The Labute approximate surface area is 231 Å². The number of aromatic nitrogens is 3. The van der Waals surface area contributed by atoms with E-state index >= 15 is 0 Å². The van der Waals surface area contributed by atoms with Crippen molar-refractivity contribution in [3.63, 3.8) is 0 Å². The lowest BCUT2D eigenvalue weighted by atomic mass is 10.1. The fraction of sp³-hybridized carbons (Fsp3) is 0.259. The van der Waals surface area contributed by atoms with E-state index in [2.05, 4.69) is 26.2 Å². The highest BCUT2D eigenvalue weighted by Gasteiger charge is 2.30. The average Bonchev–Trinajstić information content (AvgIpc) is 3.55. The van der Waals surface area contributed by atoms with Crippen molar-refractivity contribution in [1.29, 1.82) is 5.26 Å². The average molecular weight is 567 g/mol. The second kappa shape index (κ2) is 11.8. The maximum Gasteiger partial charge on any atom is 0.243 e. The third kappa shape index (κ3) is 6.54. The zero-order chi connectivity index (χ0) is 28.2. The summed E-state index contributed by atoms with van der Waals surface area (Å²) in [6.07, 6.45) is 1.80. The number of halogens is 1. The lowest BCUT2D eigenvalue weighted by Gasteiger charge is -2.24. The Morgan fingerprint density at radius 3 is 2.64 bits per heavy atom. The molecule has 2 N–H and O–H groups in total. The predicted octanol–water partition coefficient (Wildman–Crippen LogP) is 4.29. The van der Waals surface area contributed by atoms with E-state index < -0.39 is 22.0 Å². The Hall–Kier alpha value is -3.98. The Morgan fingerprint density at radius 1 is 1.18 bits per heavy atom. The fourth-order valence-corrected chi connectivity index (χ4v) is 6.33. The van der Waals surface area contributed by atoms with Crippen LogP contribution in [0.1, 0.15) is 42.1 Å². The number of aryl methyl sites for hydroxylation is 2. The first-order chi connectivity index (χ1) is 18.6. The molecule has 0 saturated carbocycles. The van der Waals surface area contributed by atoms with E-state index in [-0.39, 0.29) is 28.9 Å². The normalized spacial score (nSPS) is 13.0. The minimum atomic E-state index is -4.16. The van der Waals surface area contributed by atoms with Crippen molar-refractivity contribution in [2.24, 2.45) is 0 Å². The topological polar surface area (TPSA) is 143 Å². The first-order valence-electron chi connectivity index (χ1n) is 12.1. The SMILES string of the molecule is Cc1nc(-c2cccc(CNC(=O)C(CC(C)n3cccc3C#N)NS(=O)(=O)c3c(C)cccc3Cl)c2)no1. The highest BCUT2D eigenvalue weighted by atomic mass is 35.5. The van der Waals surface area contributed by atoms with Crippen molar-refractivity contribution < 1.29 is 17.7 Å². The summed E-state index contributed by atoms with van der Waals surface area (Å²) >= 11 is 6.23. The Bertz CT molecular complexity index is 1620. The van der Waals surface area contributed by atoms with Gasteiger partial charge < -0.3 is 14.4 Å². The number of hydrogen-bond donors (Lipinski definition) is 2. The maximum absolute atomic E-state index is 13.4. The quantitative estimate of drug-likeness (QED) is 0.291. The highest BCUT2D eigenvalue weighted by molar-refractivity contribution is 7.89. The summed E-state index contributed by atoms with van der Waals surface area (Å²) in [6.45, 7) is 5.27. The molecule has 0 saturated heterocycles. The second-order valence-corrected chi connectivity index (χ2v) is 11.2. The lowest BCUT2D eigenvalue weighted by molar-refractivity contribution is -0.123. The van der Waals surface area contributed by atoms with Crippen molar-refractivity contribution >= 4 is 27.5 Å². The van der Waals surface area contributed by atoms with Crippen LogP contribution >= 0.6 is 11.6 Å². The van der Waals surface area contributed by atoms with E-state index in [4.69, 9.17) is 16.1 Å². The van der Waals surface area contributed by atoms with Gasteiger partial charge in [0.25, 0.3) is 0 Å². The van der Waals surface area contributed by atoms with E-state index in [9.17, 15) is 18.5 Å². The van der Waals surface area contributed by atoms with Crippen LogP contribution in [0.5, 0.6) is 0 Å². The number of carbonyl (C=O) groups excluding carboxylic acids is 1. The summed E-state index contributed by atoms with van der Waals surface area (Å²) in [6, 6.07) is 16.0. The number of nitriles is 1. The van der Waals surface area contributed by atoms with Crippen molar-refractivity contribution in [3.05, 3.63) is 88.5 Å². The van der Waals surface area contributed by atoms with Crippen molar-refractivity contribution in [2.75, 3.05) is 0 Å². The van der Waals surface area contributed by atoms with Gasteiger partial charge in [-0.1, -0.05) is 47.1 Å². The third-order valence-electron chi connectivity index (χ3n) is 6.17. The molecule has 12 heteroatoms. The summed E-state index contributed by atoms with van der Waals surface area (Å²) in [5.74, 6) is 0.334. The van der Waals surface area contributed by atoms with E-state index in [1.807, 2.05) is 25.1 Å². The number of amides is 1. The largest absolute Gasteiger partial charge is 0.351 e. The molecule has 0 aliphatic heterocycles. The molecule has 1 amide bonds. The zero-order valence-electron chi connectivity index (χ0n) is 21.6. The summed E-state index contributed by atoms with van der Waals surface area (Å²) in [4.78, 5) is 17.6. The molecular weight excluding hydrogens is 540 g/mol. The summed E-state index contributed by atoms with van der Waals surface area (Å²) in [5.41, 5.74) is 2.33. The van der Waals surface area contributed by atoms with Crippen LogP contribution in [0.25, 0.3) is 11.4 Å². The first-order valence-corrected chi connectivity index (χ1v) is 14.0. The van der Waals surface area contributed by atoms with Crippen LogP contribution < -0.4 is 10.0 Å². The van der Waals surface area contributed by atoms with Gasteiger partial charge in [-0.05, 0) is 55.7 Å². The van der Waals surface area contributed by atoms with E-state index in [1.165, 1.54) is 6.07 Å². The minimum Gasteiger partial charge on any atom is -0.351 e. The van der Waals surface area contributed by atoms with Crippen LogP contribution in [-0.2, 0) is 21.4 Å². The molecule has 2 unspecified atom stereocenters. The van der Waals surface area contributed by atoms with Gasteiger partial charge in [-0.3, -0.25) is 4.79 Å². The molecule has 39 heavy (non-hydrogen) atoms. The summed E-state index contributed by atoms with van der Waals surface area (Å²) < 4.78 is 36.1. The summed E-state index contributed by atoms with van der Waals surface area (Å²) in [5, 5.41) is 16.2. The number of carbonyl (C=O) groups is 1. The van der Waals surface area contributed by atoms with Gasteiger partial charge in [0.05, 0.1) is 5.02 Å². The van der Waals surface area contributed by atoms with E-state index in [0.717, 1.165) is 11.1 Å². The van der Waals surface area contributed by atoms with Crippen LogP contribution in [0, 0.1) is 25.2 Å². The number of nitrogens with one attached hydrogen (secondary N) is 2. The zero-order valence-corrected chi connectivity index (χ0v) is 23.1. The molecule has 0 radical (unpaired) electrons. The van der Waals surface area contributed by atoms with Gasteiger partial charge in [-0.25, -0.2) is 8.42 Å². The second-order valence-electron chi connectivity index (χ2n) is 9.11. The lowest BCUT2D eigenvalue weighted by Crippen LogP contribution is -2.47. The standard InChI is InChI=1S/C27H27ClN6O4S/c1-17-7-4-11-23(28)25(17)39(36,37)33-24(13-18(2)34-12-6-10-22(34)15-29)27(35)30-16-20-8-5-9-21(14-20)26-31-19(3)38-32-26/h4-12,14,18,24,33H,13,16H2,1-3H3,(H,30,35). The van der Waals surface area contributed by atoms with Crippen LogP contribution in [0.2, 0.25) is 5.02 Å². The maximum atomic E-state index is 13.4. The van der Waals surface area contributed by atoms with Gasteiger partial charge in [-0.2, -0.15) is 15.0 Å². The van der Waals surface area contributed by atoms with Crippen LogP contribution in [0.15, 0.2) is 70.2 Å². The predicted molar refractivity (Wildman–Crippen MR) is 145 cm³/mol. The molecule has 0 bridgehead atoms. The molecule has 2 heterocycles. The molecule has 4 rings (SSSR count). The highest BCUT2D eigenvalue weighted by Crippen LogP contribution is 2.26. The Kier molecular flexibility index (Phi) is 8.50. The molecule has 2 aromatic heterocycles. The van der Waals surface area contributed by atoms with Crippen LogP contribution in [-0.4, -0.2) is 35.1 Å². The molecule has 2 atom stereocenters. The first kappa shape index (κ1) is 28.0. The van der Waals surface area contributed by atoms with Crippen LogP contribution in [0.3, 0.4) is 0 Å². The Morgan fingerprint density at radius 2 is 1.95 bits per heavy atom. The van der Waals surface area contributed by atoms with E-state index in [1.54, 1.807) is 54.9 Å². The van der Waals surface area contributed by atoms with Crippen molar-refractivity contribution in [1.82, 2.24) is 24.7 Å². The molecule has 4 aromatic rings. The van der Waals surface area contributed by atoms with Crippen molar-refractivity contribution in [3.8, 4) is 17.5 Å². The smallest absolute Gasteiger partial charge is 0.243 e. The molecule has 0 fully saturated rings. The monoisotopic (exact) mass is 566 g/mol. The minimum absolute atomic E-state index is 0.0559. The molecule has 10 nitrogen and oxygen atoms in total. The third-order valence-corrected chi connectivity index (χ3v) is 8.27. The van der Waals surface area contributed by atoms with Gasteiger partial charge >= 0.3 is 0 Å². The molecule has 0 aliphatic rings. The van der Waals surface area contributed by atoms with Gasteiger partial charge in [0.1, 0.15) is 22.7 Å². The van der Waals surface area contributed by atoms with E-state index in [0.29, 0.717) is 23.0 Å². The van der Waals surface area contributed by atoms with Gasteiger partial charge in [-0.15, -0.1) is 0 Å². The number of sulfonamides is 1. The van der Waals surface area contributed by atoms with Gasteiger partial charge in [0.2, 0.25) is 27.6 Å². The number of rotatable bonds is 10. The Balaban J connectivity index is 1.57. The number of hydrogen-bond acceptors (Lipinski definition) is 7. The molecule has 2 aromatic carbocycles. The number of benzene rings is 2. The summed E-state index contributed by atoms with van der Waals surface area (Å²) in [7, 11) is -4.16. The number of nitrogens with zero attached hydrogens (tertiary/aromatic N) is 4. The van der Waals surface area contributed by atoms with Gasteiger partial charge in [0.15, 0.2) is 0 Å². The molecular formula is C27H27ClN6O4S. The van der Waals surface area contributed by atoms with Gasteiger partial charge in [0, 0.05) is 31.3 Å².